The summed E-state index contributed by atoms with van der Waals surface area (Å²) >= 11 is 0. The van der Waals surface area contributed by atoms with Crippen molar-refractivity contribution in [2.45, 2.75) is 64.3 Å². The van der Waals surface area contributed by atoms with Crippen molar-refractivity contribution in [2.75, 3.05) is 6.61 Å². The van der Waals surface area contributed by atoms with E-state index in [0.717, 1.165) is 25.2 Å². The minimum Gasteiger partial charge on any atom is -0.493 e. The Hall–Kier alpha value is -1.02. The molecule has 0 aliphatic carbocycles. The van der Waals surface area contributed by atoms with Crippen LogP contribution in [-0.2, 0) is 0 Å². The van der Waals surface area contributed by atoms with E-state index in [4.69, 9.17) is 10.5 Å². The van der Waals surface area contributed by atoms with Gasteiger partial charge in [-0.15, -0.1) is 0 Å². The van der Waals surface area contributed by atoms with Crippen molar-refractivity contribution < 1.29 is 4.74 Å². The fraction of sp³-hybridized carbons (Fsp3) is 0.667. The first-order valence-electron chi connectivity index (χ1n) is 8.23. The van der Waals surface area contributed by atoms with Gasteiger partial charge in [-0.05, 0) is 49.1 Å². The smallest absolute Gasteiger partial charge is 0.122 e. The molecular weight excluding hydrogens is 246 g/mol. The molecule has 0 aromatic heterocycles. The van der Waals surface area contributed by atoms with Crippen LogP contribution < -0.4 is 10.5 Å². The van der Waals surface area contributed by atoms with Crippen molar-refractivity contribution in [3.8, 4) is 5.75 Å². The first-order valence-corrected chi connectivity index (χ1v) is 8.23. The van der Waals surface area contributed by atoms with Gasteiger partial charge in [0.2, 0.25) is 0 Å². The average Bonchev–Trinajstić information content (AvgIpc) is 2.47. The van der Waals surface area contributed by atoms with Crippen molar-refractivity contribution in [1.82, 2.24) is 0 Å². The number of nitrogens with two attached hydrogens (primary N) is 1. The second-order valence-electron chi connectivity index (χ2n) is 6.11. The maximum Gasteiger partial charge on any atom is 0.122 e. The topological polar surface area (TPSA) is 35.2 Å². The first kappa shape index (κ1) is 15.4. The highest BCUT2D eigenvalue weighted by Crippen LogP contribution is 2.37. The van der Waals surface area contributed by atoms with Crippen LogP contribution in [0, 0.1) is 5.92 Å². The lowest BCUT2D eigenvalue weighted by Crippen LogP contribution is -2.33. The van der Waals surface area contributed by atoms with E-state index in [-0.39, 0.29) is 0 Å². The molecule has 0 spiro atoms. The third-order valence-electron chi connectivity index (χ3n) is 4.56. The number of para-hydroxylation sites is 1. The van der Waals surface area contributed by atoms with Gasteiger partial charge in [-0.25, -0.2) is 0 Å². The molecule has 2 unspecified atom stereocenters. The molecule has 20 heavy (non-hydrogen) atoms. The monoisotopic (exact) mass is 275 g/mol. The molecule has 2 N–H and O–H groups in total. The summed E-state index contributed by atoms with van der Waals surface area (Å²) in [5.41, 5.74) is 7.90. The van der Waals surface area contributed by atoms with Crippen LogP contribution in [-0.4, -0.2) is 12.6 Å². The van der Waals surface area contributed by atoms with E-state index < -0.39 is 0 Å². The highest BCUT2D eigenvalue weighted by atomic mass is 16.5. The Morgan fingerprint density at radius 2 is 1.90 bits per heavy atom. The van der Waals surface area contributed by atoms with Crippen molar-refractivity contribution in [3.05, 3.63) is 29.8 Å². The van der Waals surface area contributed by atoms with Gasteiger partial charge >= 0.3 is 0 Å². The van der Waals surface area contributed by atoms with Gasteiger partial charge in [0.05, 0.1) is 6.61 Å². The van der Waals surface area contributed by atoms with Gasteiger partial charge in [0, 0.05) is 6.04 Å². The summed E-state index contributed by atoms with van der Waals surface area (Å²) in [4.78, 5) is 0. The molecule has 1 aliphatic heterocycles. The average molecular weight is 275 g/mol. The lowest BCUT2D eigenvalue weighted by molar-refractivity contribution is 0.245. The zero-order chi connectivity index (χ0) is 14.4. The van der Waals surface area contributed by atoms with Crippen molar-refractivity contribution in [1.29, 1.82) is 0 Å². The quantitative estimate of drug-likeness (QED) is 0.796. The number of rotatable bonds is 7. The Bertz CT molecular complexity index is 398. The summed E-state index contributed by atoms with van der Waals surface area (Å²) < 4.78 is 5.75. The van der Waals surface area contributed by atoms with E-state index >= 15 is 0 Å². The molecule has 0 radical (unpaired) electrons. The van der Waals surface area contributed by atoms with Crippen molar-refractivity contribution in [3.63, 3.8) is 0 Å². The van der Waals surface area contributed by atoms with Crippen LogP contribution >= 0.6 is 0 Å². The Kier molecular flexibility index (Phi) is 5.90. The minimum atomic E-state index is 0.325. The number of hydrogen-bond donors (Lipinski definition) is 1. The molecule has 112 valence electrons. The zero-order valence-electron chi connectivity index (χ0n) is 13.0. The normalized spacial score (nSPS) is 19.5. The maximum absolute atomic E-state index is 6.54. The summed E-state index contributed by atoms with van der Waals surface area (Å²) in [6.07, 6.45) is 7.21. The zero-order valence-corrected chi connectivity index (χ0v) is 13.0. The molecule has 0 saturated carbocycles. The number of hydrogen-bond acceptors (Lipinski definition) is 2. The van der Waals surface area contributed by atoms with Crippen LogP contribution in [0.5, 0.6) is 5.75 Å². The Balaban J connectivity index is 2.02. The van der Waals surface area contributed by atoms with Crippen LogP contribution in [0.1, 0.15) is 63.9 Å². The molecule has 2 heteroatoms. The van der Waals surface area contributed by atoms with E-state index in [1.807, 2.05) is 0 Å². The SMILES string of the molecule is CCCC(CCC)C(N)CC1CCOc2ccccc21. The standard InChI is InChI=1S/C18H29NO/c1-3-7-14(8-4-2)17(19)13-15-11-12-20-18-10-6-5-9-16(15)18/h5-6,9-10,14-15,17H,3-4,7-8,11-13,19H2,1-2H3. The third-order valence-corrected chi connectivity index (χ3v) is 4.56. The van der Waals surface area contributed by atoms with Gasteiger partial charge in [-0.2, -0.15) is 0 Å². The van der Waals surface area contributed by atoms with Gasteiger partial charge in [-0.3, -0.25) is 0 Å². The van der Waals surface area contributed by atoms with E-state index in [2.05, 4.69) is 38.1 Å². The van der Waals surface area contributed by atoms with E-state index in [1.54, 1.807) is 0 Å². The maximum atomic E-state index is 6.54. The van der Waals surface area contributed by atoms with Crippen LogP contribution in [0.25, 0.3) is 0 Å². The summed E-state index contributed by atoms with van der Waals surface area (Å²) in [5, 5.41) is 0. The lowest BCUT2D eigenvalue weighted by Gasteiger charge is -2.31. The summed E-state index contributed by atoms with van der Waals surface area (Å²) in [5.74, 6) is 2.32. The second kappa shape index (κ2) is 7.68. The van der Waals surface area contributed by atoms with Crippen molar-refractivity contribution >= 4 is 0 Å². The lowest BCUT2D eigenvalue weighted by atomic mass is 9.81. The largest absolute Gasteiger partial charge is 0.493 e. The van der Waals surface area contributed by atoms with Gasteiger partial charge in [0.25, 0.3) is 0 Å². The molecule has 2 rings (SSSR count). The highest BCUT2D eigenvalue weighted by molar-refractivity contribution is 5.37. The van der Waals surface area contributed by atoms with Gasteiger partial charge in [0.15, 0.2) is 0 Å². The summed E-state index contributed by atoms with van der Waals surface area (Å²) in [6, 6.07) is 8.79. The molecule has 0 saturated heterocycles. The van der Waals surface area contributed by atoms with Crippen LogP contribution in [0.2, 0.25) is 0 Å². The van der Waals surface area contributed by atoms with E-state index in [0.29, 0.717) is 17.9 Å². The number of benzene rings is 1. The summed E-state index contributed by atoms with van der Waals surface area (Å²) in [7, 11) is 0. The fourth-order valence-corrected chi connectivity index (χ4v) is 3.50. The molecular formula is C18H29NO. The van der Waals surface area contributed by atoms with Crippen LogP contribution in [0.4, 0.5) is 0 Å². The summed E-state index contributed by atoms with van der Waals surface area (Å²) in [6.45, 7) is 5.36. The molecule has 2 nitrogen and oxygen atoms in total. The van der Waals surface area contributed by atoms with Gasteiger partial charge < -0.3 is 10.5 Å². The van der Waals surface area contributed by atoms with Crippen molar-refractivity contribution in [2.24, 2.45) is 11.7 Å². The molecule has 1 aromatic rings. The van der Waals surface area contributed by atoms with Crippen LogP contribution in [0.15, 0.2) is 24.3 Å². The molecule has 0 amide bonds. The van der Waals surface area contributed by atoms with Gasteiger partial charge in [-0.1, -0.05) is 44.9 Å². The van der Waals surface area contributed by atoms with Crippen LogP contribution in [0.3, 0.4) is 0 Å². The minimum absolute atomic E-state index is 0.325. The second-order valence-corrected chi connectivity index (χ2v) is 6.11. The van der Waals surface area contributed by atoms with E-state index in [1.165, 1.54) is 31.2 Å². The molecule has 1 aliphatic rings. The fourth-order valence-electron chi connectivity index (χ4n) is 3.50. The predicted octanol–water partition coefficient (Wildman–Crippen LogP) is 4.49. The first-order chi connectivity index (χ1) is 9.76. The molecule has 0 fully saturated rings. The third kappa shape index (κ3) is 3.76. The molecule has 1 heterocycles. The Morgan fingerprint density at radius 3 is 2.60 bits per heavy atom. The molecule has 1 aromatic carbocycles. The Morgan fingerprint density at radius 1 is 1.20 bits per heavy atom. The number of ether oxygens (including phenoxy) is 1. The van der Waals surface area contributed by atoms with Gasteiger partial charge in [0.1, 0.15) is 5.75 Å². The van der Waals surface area contributed by atoms with E-state index in [9.17, 15) is 0 Å². The highest BCUT2D eigenvalue weighted by Gasteiger charge is 2.26. The molecule has 2 atom stereocenters. The predicted molar refractivity (Wildman–Crippen MR) is 85.2 cm³/mol. The Labute approximate surface area is 123 Å². The number of fused-ring (bicyclic) bond motifs is 1. The molecule has 0 bridgehead atoms.